The number of nitrogens with one attached hydrogen (secondary N) is 1. The van der Waals surface area contributed by atoms with Gasteiger partial charge in [0.25, 0.3) is 0 Å². The van der Waals surface area contributed by atoms with Crippen molar-refractivity contribution in [1.82, 2.24) is 9.97 Å². The Morgan fingerprint density at radius 1 is 1.21 bits per heavy atom. The van der Waals surface area contributed by atoms with E-state index in [2.05, 4.69) is 46.5 Å². The van der Waals surface area contributed by atoms with Crippen LogP contribution in [0.4, 0.5) is 5.82 Å². The number of aromatic nitrogens is 2. The van der Waals surface area contributed by atoms with Crippen molar-refractivity contribution in [2.24, 2.45) is 0 Å². The van der Waals surface area contributed by atoms with Crippen molar-refractivity contribution in [1.29, 1.82) is 0 Å². The molecule has 1 aromatic heterocycles. The Morgan fingerprint density at radius 2 is 1.95 bits per heavy atom. The number of halogens is 1. The van der Waals surface area contributed by atoms with Gasteiger partial charge in [-0.05, 0) is 18.9 Å². The predicted molar refractivity (Wildman–Crippen MR) is 79.7 cm³/mol. The van der Waals surface area contributed by atoms with Crippen LogP contribution in [0.1, 0.15) is 25.2 Å². The summed E-state index contributed by atoms with van der Waals surface area (Å²) in [6, 6.07) is 12.4. The van der Waals surface area contributed by atoms with Crippen LogP contribution in [0, 0.1) is 0 Å². The quantitative estimate of drug-likeness (QED) is 0.845. The molecule has 2 aromatic rings. The van der Waals surface area contributed by atoms with Crippen molar-refractivity contribution >= 4 is 17.4 Å². The van der Waals surface area contributed by atoms with Crippen LogP contribution >= 0.6 is 11.6 Å². The lowest BCUT2D eigenvalue weighted by Gasteiger charge is -2.15. The zero-order valence-electron chi connectivity index (χ0n) is 11.2. The molecular weight excluding hydrogens is 258 g/mol. The van der Waals surface area contributed by atoms with Gasteiger partial charge in [0.2, 0.25) is 0 Å². The van der Waals surface area contributed by atoms with E-state index >= 15 is 0 Å². The van der Waals surface area contributed by atoms with Gasteiger partial charge in [-0.1, -0.05) is 48.9 Å². The third-order valence-corrected chi connectivity index (χ3v) is 3.03. The Bertz CT molecular complexity index is 528. The minimum atomic E-state index is 0.290. The molecule has 0 amide bonds. The molecule has 0 spiro atoms. The molecule has 2 rings (SSSR count). The lowest BCUT2D eigenvalue weighted by molar-refractivity contribution is 0.779. The topological polar surface area (TPSA) is 37.8 Å². The Hall–Kier alpha value is -1.61. The highest BCUT2D eigenvalue weighted by Gasteiger charge is 2.06. The molecule has 19 heavy (non-hydrogen) atoms. The van der Waals surface area contributed by atoms with Crippen LogP contribution in [0.2, 0.25) is 5.15 Å². The van der Waals surface area contributed by atoms with E-state index < -0.39 is 0 Å². The molecule has 1 unspecified atom stereocenters. The molecule has 0 fully saturated rings. The van der Waals surface area contributed by atoms with Crippen molar-refractivity contribution in [3.05, 3.63) is 52.9 Å². The van der Waals surface area contributed by atoms with Crippen LogP contribution in [0.3, 0.4) is 0 Å². The highest BCUT2D eigenvalue weighted by molar-refractivity contribution is 6.29. The second-order valence-electron chi connectivity index (χ2n) is 4.58. The Kier molecular flexibility index (Phi) is 4.74. The molecule has 1 atom stereocenters. The molecule has 0 radical (unpaired) electrons. The van der Waals surface area contributed by atoms with E-state index in [1.165, 1.54) is 5.56 Å². The number of hydrogen-bond acceptors (Lipinski definition) is 3. The summed E-state index contributed by atoms with van der Waals surface area (Å²) in [4.78, 5) is 8.58. The fraction of sp³-hybridized carbons (Fsp3) is 0.333. The molecule has 1 heterocycles. The largest absolute Gasteiger partial charge is 0.367 e. The van der Waals surface area contributed by atoms with Crippen LogP contribution in [0.5, 0.6) is 0 Å². The van der Waals surface area contributed by atoms with Gasteiger partial charge in [-0.2, -0.15) is 0 Å². The van der Waals surface area contributed by atoms with Crippen molar-refractivity contribution in [2.75, 3.05) is 5.32 Å². The zero-order valence-corrected chi connectivity index (χ0v) is 12.0. The summed E-state index contributed by atoms with van der Waals surface area (Å²) in [5.74, 6) is 1.56. The van der Waals surface area contributed by atoms with Gasteiger partial charge in [-0.25, -0.2) is 9.97 Å². The summed E-state index contributed by atoms with van der Waals surface area (Å²) in [6.45, 7) is 4.15. The van der Waals surface area contributed by atoms with Gasteiger partial charge in [-0.3, -0.25) is 0 Å². The molecule has 0 aliphatic rings. The number of anilines is 1. The maximum Gasteiger partial charge on any atom is 0.134 e. The van der Waals surface area contributed by atoms with Crippen LogP contribution in [-0.2, 0) is 12.8 Å². The van der Waals surface area contributed by atoms with E-state index in [4.69, 9.17) is 11.6 Å². The van der Waals surface area contributed by atoms with Gasteiger partial charge in [-0.15, -0.1) is 0 Å². The molecule has 0 aliphatic heterocycles. The number of benzene rings is 1. The molecule has 0 saturated heterocycles. The van der Waals surface area contributed by atoms with Crippen LogP contribution in [0.25, 0.3) is 0 Å². The summed E-state index contributed by atoms with van der Waals surface area (Å²) in [5, 5.41) is 3.86. The van der Waals surface area contributed by atoms with Gasteiger partial charge in [0.1, 0.15) is 16.8 Å². The first-order valence-corrected chi connectivity index (χ1v) is 6.89. The molecule has 1 aromatic carbocycles. The lowest BCUT2D eigenvalue weighted by Crippen LogP contribution is -2.19. The average molecular weight is 276 g/mol. The third-order valence-electron chi connectivity index (χ3n) is 2.84. The minimum absolute atomic E-state index is 0.290. The summed E-state index contributed by atoms with van der Waals surface area (Å²) >= 11 is 5.98. The summed E-state index contributed by atoms with van der Waals surface area (Å²) < 4.78 is 0. The molecule has 0 bridgehead atoms. The highest BCUT2D eigenvalue weighted by Crippen LogP contribution is 2.14. The highest BCUT2D eigenvalue weighted by atomic mass is 35.5. The number of hydrogen-bond donors (Lipinski definition) is 1. The lowest BCUT2D eigenvalue weighted by atomic mass is 10.1. The summed E-state index contributed by atoms with van der Waals surface area (Å²) in [5.41, 5.74) is 1.30. The Morgan fingerprint density at radius 3 is 2.63 bits per heavy atom. The van der Waals surface area contributed by atoms with Crippen molar-refractivity contribution < 1.29 is 0 Å². The van der Waals surface area contributed by atoms with E-state index in [0.717, 1.165) is 24.5 Å². The van der Waals surface area contributed by atoms with Crippen LogP contribution in [-0.4, -0.2) is 16.0 Å². The normalized spacial score (nSPS) is 12.2. The third kappa shape index (κ3) is 4.21. The SMILES string of the molecule is CCc1nc(Cl)cc(NC(C)Cc2ccccc2)n1. The summed E-state index contributed by atoms with van der Waals surface area (Å²) in [7, 11) is 0. The van der Waals surface area contributed by atoms with Crippen molar-refractivity contribution in [3.8, 4) is 0 Å². The maximum atomic E-state index is 5.98. The molecule has 4 heteroatoms. The first kappa shape index (κ1) is 13.8. The van der Waals surface area contributed by atoms with E-state index in [0.29, 0.717) is 5.15 Å². The van der Waals surface area contributed by atoms with Crippen LogP contribution in [0.15, 0.2) is 36.4 Å². The molecule has 0 aliphatic carbocycles. The monoisotopic (exact) mass is 275 g/mol. The van der Waals surface area contributed by atoms with Crippen molar-refractivity contribution in [2.45, 2.75) is 32.7 Å². The maximum absolute atomic E-state index is 5.98. The number of aryl methyl sites for hydroxylation is 1. The van der Waals surface area contributed by atoms with Crippen molar-refractivity contribution in [3.63, 3.8) is 0 Å². The predicted octanol–water partition coefficient (Wildman–Crippen LogP) is 3.74. The molecule has 0 saturated carbocycles. The van der Waals surface area contributed by atoms with E-state index in [1.807, 2.05) is 13.0 Å². The minimum Gasteiger partial charge on any atom is -0.367 e. The second-order valence-corrected chi connectivity index (χ2v) is 4.97. The van der Waals surface area contributed by atoms with E-state index in [-0.39, 0.29) is 6.04 Å². The standard InChI is InChI=1S/C15H18ClN3/c1-3-14-18-13(16)10-15(19-14)17-11(2)9-12-7-5-4-6-8-12/h4-8,10-11H,3,9H2,1-2H3,(H,17,18,19). The summed E-state index contributed by atoms with van der Waals surface area (Å²) in [6.07, 6.45) is 1.73. The zero-order chi connectivity index (χ0) is 13.7. The fourth-order valence-corrected chi connectivity index (χ4v) is 2.17. The van der Waals surface area contributed by atoms with Gasteiger partial charge < -0.3 is 5.32 Å². The van der Waals surface area contributed by atoms with Gasteiger partial charge in [0.15, 0.2) is 0 Å². The molecule has 100 valence electrons. The Labute approximate surface area is 119 Å². The fourth-order valence-electron chi connectivity index (χ4n) is 1.97. The van der Waals surface area contributed by atoms with Gasteiger partial charge >= 0.3 is 0 Å². The van der Waals surface area contributed by atoms with E-state index in [9.17, 15) is 0 Å². The molecular formula is C15H18ClN3. The Balaban J connectivity index is 2.02. The molecule has 3 nitrogen and oxygen atoms in total. The number of rotatable bonds is 5. The van der Waals surface area contributed by atoms with E-state index in [1.54, 1.807) is 6.07 Å². The smallest absolute Gasteiger partial charge is 0.134 e. The molecule has 1 N–H and O–H groups in total. The van der Waals surface area contributed by atoms with Crippen LogP contribution < -0.4 is 5.32 Å². The average Bonchev–Trinajstić information content (AvgIpc) is 2.38. The first-order valence-electron chi connectivity index (χ1n) is 6.51. The second kappa shape index (κ2) is 6.53. The first-order chi connectivity index (χ1) is 9.17. The van der Waals surface area contributed by atoms with Gasteiger partial charge in [0.05, 0.1) is 0 Å². The number of nitrogens with zero attached hydrogens (tertiary/aromatic N) is 2. The van der Waals surface area contributed by atoms with Gasteiger partial charge in [0, 0.05) is 18.5 Å².